The first-order valence-electron chi connectivity index (χ1n) is 5.81. The molecule has 1 N–H and O–H groups in total. The van der Waals surface area contributed by atoms with E-state index in [-0.39, 0.29) is 16.2 Å². The number of nitro groups is 1. The van der Waals surface area contributed by atoms with Crippen molar-refractivity contribution in [3.8, 4) is 0 Å². The van der Waals surface area contributed by atoms with Crippen LogP contribution >= 0.6 is 0 Å². The van der Waals surface area contributed by atoms with Crippen molar-refractivity contribution in [1.29, 1.82) is 0 Å². The molecule has 0 radical (unpaired) electrons. The molecule has 1 aromatic carbocycles. The lowest BCUT2D eigenvalue weighted by Crippen LogP contribution is -2.18. The number of oxazole rings is 1. The maximum Gasteiger partial charge on any atom is 0.288 e. The minimum Gasteiger partial charge on any atom is -0.430 e. The zero-order valence-corrected chi connectivity index (χ0v) is 10.7. The Hall–Kier alpha value is -1.80. The fourth-order valence-corrected chi connectivity index (χ4v) is 3.29. The summed E-state index contributed by atoms with van der Waals surface area (Å²) in [6.07, 6.45) is 0.811. The Bertz CT molecular complexity index is 663. The van der Waals surface area contributed by atoms with Crippen LogP contribution in [0, 0.1) is 10.1 Å². The Morgan fingerprint density at radius 3 is 3.05 bits per heavy atom. The third kappa shape index (κ3) is 2.24. The van der Waals surface area contributed by atoms with Crippen LogP contribution in [0.4, 0.5) is 5.69 Å². The van der Waals surface area contributed by atoms with E-state index in [9.17, 15) is 14.3 Å². The van der Waals surface area contributed by atoms with E-state index < -0.39 is 15.7 Å². The number of rotatable bonds is 3. The monoisotopic (exact) mass is 281 g/mol. The van der Waals surface area contributed by atoms with Crippen LogP contribution < -0.4 is 5.32 Å². The number of nitrogens with zero attached hydrogens (tertiary/aromatic N) is 2. The lowest BCUT2D eigenvalue weighted by Gasteiger charge is -2.02. The van der Waals surface area contributed by atoms with Gasteiger partial charge in [-0.2, -0.15) is 0 Å². The van der Waals surface area contributed by atoms with Crippen LogP contribution in [0.5, 0.6) is 0 Å². The van der Waals surface area contributed by atoms with Gasteiger partial charge in [-0.05, 0) is 19.0 Å². The molecule has 0 spiro atoms. The number of non-ortho nitro benzene ring substituents is 1. The summed E-state index contributed by atoms with van der Waals surface area (Å²) in [5, 5.41) is 13.9. The molecule has 0 aliphatic carbocycles. The van der Waals surface area contributed by atoms with Gasteiger partial charge in [-0.3, -0.25) is 10.1 Å². The van der Waals surface area contributed by atoms with Crippen LogP contribution in [-0.4, -0.2) is 32.5 Å². The van der Waals surface area contributed by atoms with Crippen molar-refractivity contribution in [3.05, 3.63) is 28.3 Å². The predicted octanol–water partition coefficient (Wildman–Crippen LogP) is 1.21. The smallest absolute Gasteiger partial charge is 0.288 e. The van der Waals surface area contributed by atoms with Gasteiger partial charge in [0.1, 0.15) is 16.3 Å². The average molecular weight is 281 g/mol. The van der Waals surface area contributed by atoms with Crippen LogP contribution in [0.3, 0.4) is 0 Å². The van der Waals surface area contributed by atoms with Crippen LogP contribution in [0.2, 0.25) is 0 Å². The minimum absolute atomic E-state index is 0.0111. The summed E-state index contributed by atoms with van der Waals surface area (Å²) in [7, 11) is -1.32. The summed E-state index contributed by atoms with van der Waals surface area (Å²) < 4.78 is 17.6. The van der Waals surface area contributed by atoms with E-state index in [1.165, 1.54) is 18.2 Å². The highest BCUT2D eigenvalue weighted by atomic mass is 32.2. The average Bonchev–Trinajstić information content (AvgIpc) is 3.06. The number of nitrogens with one attached hydrogen (secondary N) is 1. The Morgan fingerprint density at radius 2 is 2.37 bits per heavy atom. The van der Waals surface area contributed by atoms with Crippen LogP contribution in [0.1, 0.15) is 6.42 Å². The second kappa shape index (κ2) is 4.71. The summed E-state index contributed by atoms with van der Waals surface area (Å²) in [4.78, 5) is 14.3. The van der Waals surface area contributed by atoms with Gasteiger partial charge in [0.2, 0.25) is 0 Å². The van der Waals surface area contributed by atoms with Gasteiger partial charge < -0.3 is 9.73 Å². The quantitative estimate of drug-likeness (QED) is 0.670. The third-order valence-corrected chi connectivity index (χ3v) is 4.58. The van der Waals surface area contributed by atoms with Gasteiger partial charge in [0, 0.05) is 18.7 Å². The highest BCUT2D eigenvalue weighted by molar-refractivity contribution is 7.85. The van der Waals surface area contributed by atoms with E-state index >= 15 is 0 Å². The van der Waals surface area contributed by atoms with Crippen molar-refractivity contribution in [2.75, 3.05) is 13.1 Å². The summed E-state index contributed by atoms with van der Waals surface area (Å²) in [6.45, 7) is 1.51. The van der Waals surface area contributed by atoms with Crippen molar-refractivity contribution in [2.45, 2.75) is 16.9 Å². The molecule has 2 heterocycles. The molecule has 3 rings (SSSR count). The molecule has 1 saturated heterocycles. The molecule has 0 saturated carbocycles. The topological polar surface area (TPSA) is 98.3 Å². The highest BCUT2D eigenvalue weighted by Crippen LogP contribution is 2.24. The van der Waals surface area contributed by atoms with Crippen molar-refractivity contribution in [3.63, 3.8) is 0 Å². The second-order valence-electron chi connectivity index (χ2n) is 4.30. The molecule has 1 fully saturated rings. The first kappa shape index (κ1) is 12.2. The van der Waals surface area contributed by atoms with Crippen molar-refractivity contribution >= 4 is 27.6 Å². The Labute approximate surface area is 110 Å². The second-order valence-corrected chi connectivity index (χ2v) is 5.91. The van der Waals surface area contributed by atoms with Crippen molar-refractivity contribution in [1.82, 2.24) is 10.3 Å². The van der Waals surface area contributed by atoms with Gasteiger partial charge >= 0.3 is 0 Å². The van der Waals surface area contributed by atoms with E-state index in [4.69, 9.17) is 4.42 Å². The number of fused-ring (bicyclic) bond motifs is 1. The Kier molecular flexibility index (Phi) is 3.03. The van der Waals surface area contributed by atoms with Gasteiger partial charge in [-0.1, -0.05) is 0 Å². The summed E-state index contributed by atoms with van der Waals surface area (Å²) in [5.41, 5.74) is 0.726. The van der Waals surface area contributed by atoms with E-state index in [0.717, 1.165) is 13.0 Å². The first-order chi connectivity index (χ1) is 9.15. The molecular formula is C11H11N3O4S. The van der Waals surface area contributed by atoms with E-state index in [2.05, 4.69) is 10.3 Å². The number of hydrogen-bond acceptors (Lipinski definition) is 6. The fourth-order valence-electron chi connectivity index (χ4n) is 2.05. The van der Waals surface area contributed by atoms with Crippen LogP contribution in [-0.2, 0) is 10.8 Å². The zero-order chi connectivity index (χ0) is 13.4. The molecule has 0 bridgehead atoms. The zero-order valence-electron chi connectivity index (χ0n) is 9.87. The predicted molar refractivity (Wildman–Crippen MR) is 68.3 cm³/mol. The molecule has 2 atom stereocenters. The summed E-state index contributed by atoms with van der Waals surface area (Å²) in [5.74, 6) is 0. The van der Waals surface area contributed by atoms with Crippen LogP contribution in [0.15, 0.2) is 27.8 Å². The van der Waals surface area contributed by atoms with E-state index in [0.29, 0.717) is 17.6 Å². The largest absolute Gasteiger partial charge is 0.430 e. The van der Waals surface area contributed by atoms with E-state index in [1.807, 2.05) is 0 Å². The summed E-state index contributed by atoms with van der Waals surface area (Å²) >= 11 is 0. The molecular weight excluding hydrogens is 270 g/mol. The van der Waals surface area contributed by atoms with Crippen LogP contribution in [0.25, 0.3) is 11.1 Å². The molecule has 2 aromatic rings. The Morgan fingerprint density at radius 1 is 1.53 bits per heavy atom. The number of nitro benzene ring substituents is 1. The lowest BCUT2D eigenvalue weighted by atomic mass is 10.3. The standard InChI is InChI=1S/C11H11N3O4S/c15-14(16)7-1-2-10-9(5-7)13-11(18-10)19(17)8-3-4-12-6-8/h1-2,5,8,12H,3-4,6H2/t8-,19?/m1/s1. The maximum absolute atomic E-state index is 12.2. The highest BCUT2D eigenvalue weighted by Gasteiger charge is 2.26. The van der Waals surface area contributed by atoms with Crippen molar-refractivity contribution < 1.29 is 13.5 Å². The van der Waals surface area contributed by atoms with Gasteiger partial charge in [-0.25, -0.2) is 9.19 Å². The maximum atomic E-state index is 12.2. The third-order valence-electron chi connectivity index (χ3n) is 3.05. The SMILES string of the molecule is O=[N+]([O-])c1ccc2oc(S(=O)[C@@H]3CCNC3)nc2c1. The molecule has 8 heteroatoms. The first-order valence-corrected chi connectivity index (χ1v) is 7.03. The molecule has 1 aliphatic rings. The van der Waals surface area contributed by atoms with E-state index in [1.54, 1.807) is 0 Å². The lowest BCUT2D eigenvalue weighted by molar-refractivity contribution is -0.384. The molecule has 7 nitrogen and oxygen atoms in total. The van der Waals surface area contributed by atoms with Gasteiger partial charge in [0.15, 0.2) is 5.58 Å². The summed E-state index contributed by atoms with van der Waals surface area (Å²) in [6, 6.07) is 4.15. The van der Waals surface area contributed by atoms with Crippen molar-refractivity contribution in [2.24, 2.45) is 0 Å². The minimum atomic E-state index is -1.32. The molecule has 1 aromatic heterocycles. The number of hydrogen-bond donors (Lipinski definition) is 1. The van der Waals surface area contributed by atoms with Gasteiger partial charge in [0.25, 0.3) is 10.9 Å². The fraction of sp³-hybridized carbons (Fsp3) is 0.364. The molecule has 19 heavy (non-hydrogen) atoms. The molecule has 0 amide bonds. The molecule has 1 aliphatic heterocycles. The number of aromatic nitrogens is 1. The number of benzene rings is 1. The Balaban J connectivity index is 1.96. The molecule has 1 unspecified atom stereocenters. The van der Waals surface area contributed by atoms with Gasteiger partial charge in [-0.15, -0.1) is 0 Å². The van der Waals surface area contributed by atoms with Gasteiger partial charge in [0.05, 0.1) is 10.2 Å². The normalized spacial score (nSPS) is 20.7. The molecule has 100 valence electrons.